The first-order chi connectivity index (χ1) is 12.4. The molecule has 2 aliphatic carbocycles. The Labute approximate surface area is 151 Å². The van der Waals surface area contributed by atoms with Gasteiger partial charge in [-0.3, -0.25) is 14.4 Å². The number of nitrogens with one attached hydrogen (secondary N) is 1. The van der Waals surface area contributed by atoms with Crippen molar-refractivity contribution in [3.63, 3.8) is 0 Å². The Kier molecular flexibility index (Phi) is 4.41. The Morgan fingerprint density at radius 2 is 1.93 bits per heavy atom. The summed E-state index contributed by atoms with van der Waals surface area (Å²) < 4.78 is 38.2. The maximum absolute atomic E-state index is 12.7. The minimum absolute atomic E-state index is 0.0489. The molecule has 7 nitrogen and oxygen atoms in total. The van der Waals surface area contributed by atoms with Gasteiger partial charge in [-0.2, -0.15) is 13.2 Å². The predicted molar refractivity (Wildman–Crippen MR) is 85.5 cm³/mol. The van der Waals surface area contributed by atoms with E-state index in [0.29, 0.717) is 0 Å². The number of alkyl halides is 3. The van der Waals surface area contributed by atoms with Gasteiger partial charge >= 0.3 is 18.1 Å². The number of hydrogen-bond donors (Lipinski definition) is 4. The summed E-state index contributed by atoms with van der Waals surface area (Å²) in [5.41, 5.74) is 3.20. The SMILES string of the molecule is NC1(C(=O)O)CC(CC(=O)Nc2cccc(C(F)(F)F)c2)C2C1[C@H]2C(=O)O. The lowest BCUT2D eigenvalue weighted by atomic mass is 9.86. The fourth-order valence-electron chi connectivity index (χ4n) is 4.27. The van der Waals surface area contributed by atoms with Crippen LogP contribution < -0.4 is 11.1 Å². The summed E-state index contributed by atoms with van der Waals surface area (Å²) in [5, 5.41) is 20.9. The largest absolute Gasteiger partial charge is 0.481 e. The average Bonchev–Trinajstić information content (AvgIpc) is 3.23. The van der Waals surface area contributed by atoms with E-state index in [-0.39, 0.29) is 18.5 Å². The van der Waals surface area contributed by atoms with Crippen molar-refractivity contribution >= 4 is 23.5 Å². The number of aliphatic carboxylic acids is 2. The lowest BCUT2D eigenvalue weighted by Gasteiger charge is -2.24. The Balaban J connectivity index is 1.70. The van der Waals surface area contributed by atoms with Crippen molar-refractivity contribution < 1.29 is 37.8 Å². The number of carboxylic acid groups (broad SMARTS) is 2. The van der Waals surface area contributed by atoms with E-state index in [4.69, 9.17) is 5.73 Å². The number of benzene rings is 1. The predicted octanol–water partition coefficient (Wildman–Crippen LogP) is 1.78. The van der Waals surface area contributed by atoms with Crippen LogP contribution in [-0.4, -0.2) is 33.6 Å². The zero-order valence-corrected chi connectivity index (χ0v) is 13.9. The molecule has 146 valence electrons. The molecule has 3 rings (SSSR count). The van der Waals surface area contributed by atoms with Crippen LogP contribution in [0.2, 0.25) is 0 Å². The first kappa shape index (κ1) is 19.2. The van der Waals surface area contributed by atoms with Crippen LogP contribution in [0.15, 0.2) is 24.3 Å². The molecule has 2 saturated carbocycles. The van der Waals surface area contributed by atoms with E-state index in [1.807, 2.05) is 0 Å². The summed E-state index contributed by atoms with van der Waals surface area (Å²) in [6.07, 6.45) is -4.83. The molecule has 5 atom stereocenters. The van der Waals surface area contributed by atoms with Crippen LogP contribution in [-0.2, 0) is 20.6 Å². The van der Waals surface area contributed by atoms with Gasteiger partial charge in [0.25, 0.3) is 0 Å². The molecule has 0 heterocycles. The molecule has 0 radical (unpaired) electrons. The molecular weight excluding hydrogens is 369 g/mol. The minimum Gasteiger partial charge on any atom is -0.481 e. The fraction of sp³-hybridized carbons (Fsp3) is 0.471. The first-order valence-electron chi connectivity index (χ1n) is 8.17. The van der Waals surface area contributed by atoms with Gasteiger partial charge in [-0.05, 0) is 36.5 Å². The van der Waals surface area contributed by atoms with E-state index in [0.717, 1.165) is 18.2 Å². The van der Waals surface area contributed by atoms with Crippen molar-refractivity contribution in [1.29, 1.82) is 0 Å². The van der Waals surface area contributed by atoms with Gasteiger partial charge in [-0.15, -0.1) is 0 Å². The number of carbonyl (C=O) groups is 3. The number of hydrogen-bond acceptors (Lipinski definition) is 4. The van der Waals surface area contributed by atoms with E-state index in [9.17, 15) is 37.8 Å². The third-order valence-corrected chi connectivity index (χ3v) is 5.42. The molecule has 0 bridgehead atoms. The van der Waals surface area contributed by atoms with Crippen molar-refractivity contribution in [3.05, 3.63) is 29.8 Å². The van der Waals surface area contributed by atoms with Crippen LogP contribution in [0.3, 0.4) is 0 Å². The molecule has 1 amide bonds. The Bertz CT molecular complexity index is 812. The number of rotatable bonds is 5. The molecule has 5 N–H and O–H groups in total. The third-order valence-electron chi connectivity index (χ3n) is 5.42. The highest BCUT2D eigenvalue weighted by atomic mass is 19.4. The van der Waals surface area contributed by atoms with Crippen LogP contribution >= 0.6 is 0 Å². The normalized spacial score (nSPS) is 31.9. The molecule has 4 unspecified atom stereocenters. The second-order valence-corrected chi connectivity index (χ2v) is 7.11. The van der Waals surface area contributed by atoms with Crippen molar-refractivity contribution in [2.45, 2.75) is 24.6 Å². The Morgan fingerprint density at radius 3 is 2.48 bits per heavy atom. The molecule has 0 aromatic heterocycles. The van der Waals surface area contributed by atoms with Gasteiger partial charge < -0.3 is 21.3 Å². The number of amides is 1. The quantitative estimate of drug-likeness (QED) is 0.610. The third kappa shape index (κ3) is 3.36. The Morgan fingerprint density at radius 1 is 1.26 bits per heavy atom. The number of fused-ring (bicyclic) bond motifs is 1. The fourth-order valence-corrected chi connectivity index (χ4v) is 4.27. The van der Waals surface area contributed by atoms with Crippen LogP contribution in [0.1, 0.15) is 18.4 Å². The first-order valence-corrected chi connectivity index (χ1v) is 8.17. The molecule has 2 fully saturated rings. The molecule has 1 aromatic rings. The summed E-state index contributed by atoms with van der Waals surface area (Å²) in [4.78, 5) is 35.0. The van der Waals surface area contributed by atoms with E-state index in [1.165, 1.54) is 6.07 Å². The van der Waals surface area contributed by atoms with Gasteiger partial charge in [0.2, 0.25) is 5.91 Å². The monoisotopic (exact) mass is 386 g/mol. The van der Waals surface area contributed by atoms with E-state index < -0.39 is 58.8 Å². The van der Waals surface area contributed by atoms with Gasteiger partial charge in [0, 0.05) is 18.0 Å². The van der Waals surface area contributed by atoms with E-state index in [2.05, 4.69) is 5.32 Å². The van der Waals surface area contributed by atoms with Crippen molar-refractivity contribution in [3.8, 4) is 0 Å². The second-order valence-electron chi connectivity index (χ2n) is 7.11. The maximum atomic E-state index is 12.7. The van der Waals surface area contributed by atoms with Crippen LogP contribution in [0.4, 0.5) is 18.9 Å². The maximum Gasteiger partial charge on any atom is 0.416 e. The van der Waals surface area contributed by atoms with Gasteiger partial charge in [0.15, 0.2) is 0 Å². The van der Waals surface area contributed by atoms with Crippen molar-refractivity contribution in [1.82, 2.24) is 0 Å². The lowest BCUT2D eigenvalue weighted by molar-refractivity contribution is -0.146. The van der Waals surface area contributed by atoms with Crippen molar-refractivity contribution in [2.24, 2.45) is 29.4 Å². The zero-order valence-electron chi connectivity index (χ0n) is 13.9. The molecule has 0 aliphatic heterocycles. The van der Waals surface area contributed by atoms with Gasteiger partial charge in [0.05, 0.1) is 11.5 Å². The summed E-state index contributed by atoms with van der Waals surface area (Å²) >= 11 is 0. The number of halogens is 3. The van der Waals surface area contributed by atoms with E-state index in [1.54, 1.807) is 0 Å². The highest BCUT2D eigenvalue weighted by Gasteiger charge is 2.73. The zero-order chi connectivity index (χ0) is 20.1. The number of nitrogens with two attached hydrogens (primary N) is 1. The molecule has 0 spiro atoms. The minimum atomic E-state index is -4.55. The Hall–Kier alpha value is -2.62. The summed E-state index contributed by atoms with van der Waals surface area (Å²) in [6.45, 7) is 0. The van der Waals surface area contributed by atoms with Crippen LogP contribution in [0, 0.1) is 23.7 Å². The van der Waals surface area contributed by atoms with Crippen molar-refractivity contribution in [2.75, 3.05) is 5.32 Å². The van der Waals surface area contributed by atoms with Gasteiger partial charge in [-0.1, -0.05) is 6.07 Å². The highest BCUT2D eigenvalue weighted by Crippen LogP contribution is 2.65. The molecular formula is C17H17F3N2O5. The molecule has 27 heavy (non-hydrogen) atoms. The summed E-state index contributed by atoms with van der Waals surface area (Å²) in [7, 11) is 0. The molecule has 10 heteroatoms. The van der Waals surface area contributed by atoms with Crippen LogP contribution in [0.5, 0.6) is 0 Å². The summed E-state index contributed by atoms with van der Waals surface area (Å²) in [6, 6.07) is 4.11. The van der Waals surface area contributed by atoms with E-state index >= 15 is 0 Å². The number of carbonyl (C=O) groups excluding carboxylic acids is 1. The molecule has 0 saturated heterocycles. The highest BCUT2D eigenvalue weighted by molar-refractivity contribution is 5.92. The number of anilines is 1. The number of carboxylic acids is 2. The molecule has 1 aromatic carbocycles. The smallest absolute Gasteiger partial charge is 0.416 e. The van der Waals surface area contributed by atoms with Gasteiger partial charge in [0.1, 0.15) is 5.54 Å². The summed E-state index contributed by atoms with van der Waals surface area (Å²) in [5.74, 6) is -5.88. The topological polar surface area (TPSA) is 130 Å². The lowest BCUT2D eigenvalue weighted by Crippen LogP contribution is -2.50. The molecule has 2 aliphatic rings. The van der Waals surface area contributed by atoms with Gasteiger partial charge in [-0.25, -0.2) is 0 Å². The standard InChI is InChI=1S/C17H17F3N2O5/c18-17(19,20)8-2-1-3-9(5-8)22-10(23)4-7-6-16(21,15(26)27)13-11(7)12(13)14(24)25/h1-3,5,7,11-13H,4,6,21H2,(H,22,23)(H,24,25)(H,26,27)/t7?,11?,12-,13?,16?/m0/s1. The average molecular weight is 386 g/mol. The second kappa shape index (κ2) is 6.22. The van der Waals surface area contributed by atoms with Crippen LogP contribution in [0.25, 0.3) is 0 Å².